The van der Waals surface area contributed by atoms with Crippen LogP contribution < -0.4 is 10.6 Å². The number of amides is 1. The Bertz CT molecular complexity index is 395. The second-order valence-electron chi connectivity index (χ2n) is 4.62. The zero-order valence-electron chi connectivity index (χ0n) is 9.20. The van der Waals surface area contributed by atoms with Gasteiger partial charge in [0.05, 0.1) is 0 Å². The van der Waals surface area contributed by atoms with Gasteiger partial charge in [0.25, 0.3) is 0 Å². The van der Waals surface area contributed by atoms with Gasteiger partial charge in [-0.05, 0) is 29.9 Å². The second kappa shape index (κ2) is 3.91. The van der Waals surface area contributed by atoms with E-state index in [0.717, 1.165) is 24.6 Å². The topological polar surface area (TPSA) is 41.1 Å². The Hall–Kier alpha value is -1.35. The highest BCUT2D eigenvalue weighted by Gasteiger charge is 2.25. The largest absolute Gasteiger partial charge is 0.353 e. The zero-order valence-corrected chi connectivity index (χ0v) is 9.20. The van der Waals surface area contributed by atoms with E-state index in [0.29, 0.717) is 0 Å². The van der Waals surface area contributed by atoms with Crippen molar-refractivity contribution in [2.24, 2.45) is 0 Å². The third-order valence-electron chi connectivity index (χ3n) is 3.35. The molecule has 3 nitrogen and oxygen atoms in total. The number of rotatable bonds is 2. The van der Waals surface area contributed by atoms with Gasteiger partial charge < -0.3 is 10.6 Å². The molecule has 1 atom stereocenters. The van der Waals surface area contributed by atoms with Crippen molar-refractivity contribution in [3.05, 3.63) is 35.4 Å². The van der Waals surface area contributed by atoms with Crippen molar-refractivity contribution in [1.82, 2.24) is 10.6 Å². The van der Waals surface area contributed by atoms with Crippen molar-refractivity contribution in [2.75, 3.05) is 13.1 Å². The monoisotopic (exact) mass is 216 g/mol. The second-order valence-corrected chi connectivity index (χ2v) is 4.62. The fourth-order valence-electron chi connectivity index (χ4n) is 2.24. The van der Waals surface area contributed by atoms with Gasteiger partial charge in [-0.1, -0.05) is 24.3 Å². The van der Waals surface area contributed by atoms with E-state index in [4.69, 9.17) is 0 Å². The molecule has 0 bridgehead atoms. The smallest absolute Gasteiger partial charge is 0.241 e. The first-order chi connectivity index (χ1) is 7.84. The maximum absolute atomic E-state index is 11.7. The van der Waals surface area contributed by atoms with E-state index in [9.17, 15) is 4.79 Å². The van der Waals surface area contributed by atoms with Crippen LogP contribution in [0.3, 0.4) is 0 Å². The summed E-state index contributed by atoms with van der Waals surface area (Å²) in [6.45, 7) is 1.58. The molecule has 1 heterocycles. The number of piperazine rings is 1. The Balaban J connectivity index is 1.79. The molecule has 0 aromatic heterocycles. The fourth-order valence-corrected chi connectivity index (χ4v) is 2.24. The first kappa shape index (κ1) is 9.85. The molecule has 2 fully saturated rings. The average Bonchev–Trinajstić information content (AvgIpc) is 3.14. The summed E-state index contributed by atoms with van der Waals surface area (Å²) >= 11 is 0. The third kappa shape index (κ3) is 1.83. The summed E-state index contributed by atoms with van der Waals surface area (Å²) < 4.78 is 0. The highest BCUT2D eigenvalue weighted by molar-refractivity contribution is 5.83. The summed E-state index contributed by atoms with van der Waals surface area (Å²) in [5, 5.41) is 6.12. The summed E-state index contributed by atoms with van der Waals surface area (Å²) in [5.74, 6) is 0.868. The van der Waals surface area contributed by atoms with Gasteiger partial charge in [-0.15, -0.1) is 0 Å². The fraction of sp³-hybridized carbons (Fsp3) is 0.462. The number of benzene rings is 1. The van der Waals surface area contributed by atoms with Crippen molar-refractivity contribution in [1.29, 1.82) is 0 Å². The van der Waals surface area contributed by atoms with E-state index in [-0.39, 0.29) is 11.9 Å². The predicted molar refractivity (Wildman–Crippen MR) is 62.2 cm³/mol. The molecule has 1 aliphatic carbocycles. The molecule has 0 spiro atoms. The first-order valence-corrected chi connectivity index (χ1v) is 5.95. The Labute approximate surface area is 95.2 Å². The van der Waals surface area contributed by atoms with Gasteiger partial charge in [0.15, 0.2) is 0 Å². The molecule has 1 aliphatic heterocycles. The van der Waals surface area contributed by atoms with E-state index in [1.54, 1.807) is 0 Å². The molecular formula is C13H16N2O. The molecule has 1 amide bonds. The van der Waals surface area contributed by atoms with Crippen molar-refractivity contribution in [3.63, 3.8) is 0 Å². The molecule has 3 rings (SSSR count). The van der Waals surface area contributed by atoms with Crippen LogP contribution in [0.25, 0.3) is 0 Å². The van der Waals surface area contributed by atoms with Crippen LogP contribution in [0.5, 0.6) is 0 Å². The van der Waals surface area contributed by atoms with Gasteiger partial charge in [0.2, 0.25) is 5.91 Å². The van der Waals surface area contributed by atoms with Crippen LogP contribution in [0.1, 0.15) is 35.9 Å². The summed E-state index contributed by atoms with van der Waals surface area (Å²) in [4.78, 5) is 11.7. The average molecular weight is 216 g/mol. The third-order valence-corrected chi connectivity index (χ3v) is 3.35. The van der Waals surface area contributed by atoms with Crippen molar-refractivity contribution < 1.29 is 4.79 Å². The van der Waals surface area contributed by atoms with Gasteiger partial charge in [0, 0.05) is 13.1 Å². The lowest BCUT2D eigenvalue weighted by molar-refractivity contribution is -0.124. The molecule has 3 heteroatoms. The van der Waals surface area contributed by atoms with E-state index >= 15 is 0 Å². The quantitative estimate of drug-likeness (QED) is 0.783. The molecule has 84 valence electrons. The van der Waals surface area contributed by atoms with Crippen molar-refractivity contribution in [2.45, 2.75) is 24.8 Å². The van der Waals surface area contributed by atoms with Crippen molar-refractivity contribution in [3.8, 4) is 0 Å². The number of carbonyl (C=O) groups is 1. The maximum atomic E-state index is 11.7. The predicted octanol–water partition coefficient (Wildman–Crippen LogP) is 1.32. The summed E-state index contributed by atoms with van der Waals surface area (Å²) in [6.07, 6.45) is 2.64. The maximum Gasteiger partial charge on any atom is 0.241 e. The lowest BCUT2D eigenvalue weighted by Crippen LogP contribution is -2.47. The summed E-state index contributed by atoms with van der Waals surface area (Å²) in [6, 6.07) is 8.32. The summed E-state index contributed by atoms with van der Waals surface area (Å²) in [7, 11) is 0. The van der Waals surface area contributed by atoms with Crippen LogP contribution >= 0.6 is 0 Å². The molecule has 1 unspecified atom stereocenters. The SMILES string of the molecule is O=C1NCCNC1c1ccc(C2CC2)cc1. The molecule has 2 aliphatic rings. The zero-order chi connectivity index (χ0) is 11.0. The Kier molecular flexibility index (Phi) is 2.40. The number of nitrogens with one attached hydrogen (secondary N) is 2. The highest BCUT2D eigenvalue weighted by Crippen LogP contribution is 2.40. The minimum absolute atomic E-state index is 0.0884. The van der Waals surface area contributed by atoms with E-state index in [2.05, 4.69) is 34.9 Å². The molecule has 0 radical (unpaired) electrons. The van der Waals surface area contributed by atoms with Crippen LogP contribution in [0.4, 0.5) is 0 Å². The van der Waals surface area contributed by atoms with E-state index < -0.39 is 0 Å². The molecule has 1 saturated heterocycles. The molecule has 1 aromatic rings. The Morgan fingerprint density at radius 1 is 1.00 bits per heavy atom. The van der Waals surface area contributed by atoms with Crippen molar-refractivity contribution >= 4 is 5.91 Å². The van der Waals surface area contributed by atoms with Crippen LogP contribution in [0, 0.1) is 0 Å². The lowest BCUT2D eigenvalue weighted by Gasteiger charge is -2.23. The lowest BCUT2D eigenvalue weighted by atomic mass is 10.0. The minimum atomic E-state index is -0.165. The van der Waals surface area contributed by atoms with Gasteiger partial charge in [0.1, 0.15) is 6.04 Å². The standard InChI is InChI=1S/C13H16N2O/c16-13-12(14-7-8-15-13)11-5-3-10(4-6-11)9-1-2-9/h3-6,9,12,14H,1-2,7-8H2,(H,15,16). The Morgan fingerprint density at radius 3 is 2.31 bits per heavy atom. The summed E-state index contributed by atoms with van der Waals surface area (Å²) in [5.41, 5.74) is 2.49. The van der Waals surface area contributed by atoms with Gasteiger partial charge >= 0.3 is 0 Å². The number of hydrogen-bond acceptors (Lipinski definition) is 2. The van der Waals surface area contributed by atoms with Gasteiger partial charge in [-0.25, -0.2) is 0 Å². The molecular weight excluding hydrogens is 200 g/mol. The van der Waals surface area contributed by atoms with Crippen LogP contribution in [0.2, 0.25) is 0 Å². The van der Waals surface area contributed by atoms with E-state index in [1.165, 1.54) is 18.4 Å². The highest BCUT2D eigenvalue weighted by atomic mass is 16.2. The molecule has 16 heavy (non-hydrogen) atoms. The van der Waals surface area contributed by atoms with Crippen LogP contribution in [0.15, 0.2) is 24.3 Å². The molecule has 2 N–H and O–H groups in total. The molecule has 1 aromatic carbocycles. The first-order valence-electron chi connectivity index (χ1n) is 5.95. The van der Waals surface area contributed by atoms with Crippen LogP contribution in [-0.4, -0.2) is 19.0 Å². The molecule has 1 saturated carbocycles. The Morgan fingerprint density at radius 2 is 1.69 bits per heavy atom. The van der Waals surface area contributed by atoms with E-state index in [1.807, 2.05) is 0 Å². The van der Waals surface area contributed by atoms with Crippen LogP contribution in [-0.2, 0) is 4.79 Å². The normalized spacial score (nSPS) is 25.2. The van der Waals surface area contributed by atoms with Gasteiger partial charge in [-0.2, -0.15) is 0 Å². The number of hydrogen-bond donors (Lipinski definition) is 2. The minimum Gasteiger partial charge on any atom is -0.353 e. The number of carbonyl (C=O) groups excluding carboxylic acids is 1. The van der Waals surface area contributed by atoms with Gasteiger partial charge in [-0.3, -0.25) is 4.79 Å².